The van der Waals surface area contributed by atoms with Gasteiger partial charge >= 0.3 is 5.97 Å². The lowest BCUT2D eigenvalue weighted by atomic mass is 9.81. The van der Waals surface area contributed by atoms with Crippen molar-refractivity contribution in [1.29, 1.82) is 0 Å². The van der Waals surface area contributed by atoms with Gasteiger partial charge in [-0.1, -0.05) is 17.7 Å². The smallest absolute Gasteiger partial charge is 0.313 e. The second-order valence-electron chi connectivity index (χ2n) is 6.77. The van der Waals surface area contributed by atoms with E-state index in [1.54, 1.807) is 23.1 Å². The minimum absolute atomic E-state index is 0.00687. The predicted octanol–water partition coefficient (Wildman–Crippen LogP) is 1.10. The normalized spacial score (nSPS) is 26.6. The molecule has 0 spiro atoms. The number of amides is 1. The van der Waals surface area contributed by atoms with E-state index in [0.717, 1.165) is 5.56 Å². The quantitative estimate of drug-likeness (QED) is 0.848. The van der Waals surface area contributed by atoms with E-state index >= 15 is 0 Å². The number of β-amino-alcohol motifs (C(OH)–C–C–N with tert-alkyl or cyclic N) is 1. The number of nitrogens with zero attached hydrogens (tertiary/aromatic N) is 2. The number of aliphatic hydroxyl groups is 1. The standard InChI is InChI=1S/C17H21ClN2O4/c1-11-2-3-12(6-14(11)18)15(22)20-8-13-7-19(4-5-21)9-17(13,10-20)16(23)24/h2-3,6,13,21H,4-5,7-10H2,1H3,(H,23,24)/t13-,17-/m1/s1. The van der Waals surface area contributed by atoms with E-state index in [0.29, 0.717) is 36.8 Å². The molecule has 1 aromatic carbocycles. The lowest BCUT2D eigenvalue weighted by molar-refractivity contribution is -0.148. The summed E-state index contributed by atoms with van der Waals surface area (Å²) in [5.41, 5.74) is 0.436. The van der Waals surface area contributed by atoms with Crippen molar-refractivity contribution in [2.75, 3.05) is 39.3 Å². The van der Waals surface area contributed by atoms with Crippen molar-refractivity contribution in [2.24, 2.45) is 11.3 Å². The summed E-state index contributed by atoms with van der Waals surface area (Å²) in [6.45, 7) is 3.90. The van der Waals surface area contributed by atoms with Crippen LogP contribution in [-0.2, 0) is 4.79 Å². The molecule has 0 aliphatic carbocycles. The van der Waals surface area contributed by atoms with E-state index in [2.05, 4.69) is 0 Å². The number of carboxylic acids is 1. The number of benzene rings is 1. The molecule has 0 bridgehead atoms. The van der Waals surface area contributed by atoms with Crippen molar-refractivity contribution >= 4 is 23.5 Å². The molecule has 130 valence electrons. The highest BCUT2D eigenvalue weighted by atomic mass is 35.5. The first-order valence-corrected chi connectivity index (χ1v) is 8.37. The zero-order chi connectivity index (χ0) is 17.5. The SMILES string of the molecule is Cc1ccc(C(=O)N2C[C@H]3CN(CCO)C[C@@]3(C(=O)O)C2)cc1Cl. The Hall–Kier alpha value is -1.63. The monoisotopic (exact) mass is 352 g/mol. The number of aliphatic carboxylic acids is 1. The molecule has 0 unspecified atom stereocenters. The first-order valence-electron chi connectivity index (χ1n) is 7.99. The molecule has 0 radical (unpaired) electrons. The van der Waals surface area contributed by atoms with Crippen molar-refractivity contribution in [3.8, 4) is 0 Å². The Labute approximate surface area is 145 Å². The lowest BCUT2D eigenvalue weighted by Gasteiger charge is -2.25. The summed E-state index contributed by atoms with van der Waals surface area (Å²) >= 11 is 6.10. The summed E-state index contributed by atoms with van der Waals surface area (Å²) < 4.78 is 0. The first kappa shape index (κ1) is 17.2. The molecule has 0 saturated carbocycles. The van der Waals surface area contributed by atoms with Gasteiger partial charge in [-0.2, -0.15) is 0 Å². The molecule has 6 nitrogen and oxygen atoms in total. The zero-order valence-corrected chi connectivity index (χ0v) is 14.3. The third-order valence-corrected chi connectivity index (χ3v) is 5.63. The maximum Gasteiger partial charge on any atom is 0.313 e. The van der Waals surface area contributed by atoms with Gasteiger partial charge in [-0.15, -0.1) is 0 Å². The van der Waals surface area contributed by atoms with Crippen molar-refractivity contribution in [2.45, 2.75) is 6.92 Å². The maximum atomic E-state index is 12.7. The van der Waals surface area contributed by atoms with Crippen molar-refractivity contribution in [1.82, 2.24) is 9.80 Å². The first-order chi connectivity index (χ1) is 11.4. The summed E-state index contributed by atoms with van der Waals surface area (Å²) in [5, 5.41) is 19.4. The molecule has 2 heterocycles. The fourth-order valence-electron chi connectivity index (χ4n) is 3.85. The summed E-state index contributed by atoms with van der Waals surface area (Å²) in [4.78, 5) is 28.2. The van der Waals surface area contributed by atoms with Gasteiger partial charge in [-0.3, -0.25) is 14.5 Å². The molecule has 0 aromatic heterocycles. The number of likely N-dealkylation sites (tertiary alicyclic amines) is 2. The van der Waals surface area contributed by atoms with E-state index < -0.39 is 11.4 Å². The van der Waals surface area contributed by atoms with E-state index in [1.165, 1.54) is 0 Å². The second-order valence-corrected chi connectivity index (χ2v) is 7.17. The zero-order valence-electron chi connectivity index (χ0n) is 13.5. The van der Waals surface area contributed by atoms with Crippen molar-refractivity contribution in [3.63, 3.8) is 0 Å². The number of aliphatic hydroxyl groups excluding tert-OH is 1. The Bertz CT molecular complexity index is 681. The number of rotatable bonds is 4. The molecule has 1 amide bonds. The lowest BCUT2D eigenvalue weighted by Crippen LogP contribution is -2.42. The molecule has 2 N–H and O–H groups in total. The number of halogens is 1. The van der Waals surface area contributed by atoms with Crippen LogP contribution < -0.4 is 0 Å². The minimum Gasteiger partial charge on any atom is -0.481 e. The van der Waals surface area contributed by atoms with Crippen LogP contribution in [0.15, 0.2) is 18.2 Å². The van der Waals surface area contributed by atoms with Crippen molar-refractivity contribution in [3.05, 3.63) is 34.3 Å². The average Bonchev–Trinajstić information content (AvgIpc) is 3.04. The third-order valence-electron chi connectivity index (χ3n) is 5.23. The number of carbonyl (C=O) groups is 2. The Morgan fingerprint density at radius 1 is 1.33 bits per heavy atom. The van der Waals surface area contributed by atoms with Crippen LogP contribution in [0.1, 0.15) is 15.9 Å². The number of aryl methyl sites for hydroxylation is 1. The largest absolute Gasteiger partial charge is 0.481 e. The van der Waals surface area contributed by atoms with Crippen LogP contribution >= 0.6 is 11.6 Å². The highest BCUT2D eigenvalue weighted by Crippen LogP contribution is 2.43. The van der Waals surface area contributed by atoms with Gasteiger partial charge in [0.05, 0.1) is 6.61 Å². The van der Waals surface area contributed by atoms with Crippen LogP contribution in [0.2, 0.25) is 5.02 Å². The van der Waals surface area contributed by atoms with Gasteiger partial charge in [0, 0.05) is 49.2 Å². The molecule has 24 heavy (non-hydrogen) atoms. The summed E-state index contributed by atoms with van der Waals surface area (Å²) in [6.07, 6.45) is 0. The van der Waals surface area contributed by atoms with Gasteiger partial charge in [0.15, 0.2) is 0 Å². The van der Waals surface area contributed by atoms with Gasteiger partial charge in [-0.25, -0.2) is 0 Å². The average molecular weight is 353 g/mol. The Balaban J connectivity index is 1.80. The van der Waals surface area contributed by atoms with E-state index in [-0.39, 0.29) is 25.0 Å². The van der Waals surface area contributed by atoms with Gasteiger partial charge in [-0.05, 0) is 24.6 Å². The number of carboxylic acid groups (broad SMARTS) is 1. The minimum atomic E-state index is -0.945. The fraction of sp³-hybridized carbons (Fsp3) is 0.529. The van der Waals surface area contributed by atoms with E-state index in [9.17, 15) is 14.7 Å². The van der Waals surface area contributed by atoms with Crippen LogP contribution in [0.4, 0.5) is 0 Å². The molecule has 2 saturated heterocycles. The van der Waals surface area contributed by atoms with Gasteiger partial charge in [0.2, 0.25) is 0 Å². The number of fused-ring (bicyclic) bond motifs is 1. The molecular weight excluding hydrogens is 332 g/mol. The summed E-state index contributed by atoms with van der Waals surface area (Å²) in [7, 11) is 0. The maximum absolute atomic E-state index is 12.7. The molecule has 2 aliphatic heterocycles. The topological polar surface area (TPSA) is 81.1 Å². The van der Waals surface area contributed by atoms with Gasteiger partial charge in [0.1, 0.15) is 5.41 Å². The Kier molecular flexibility index (Phi) is 4.55. The van der Waals surface area contributed by atoms with Crippen LogP contribution in [0, 0.1) is 18.3 Å². The van der Waals surface area contributed by atoms with E-state index in [4.69, 9.17) is 16.7 Å². The van der Waals surface area contributed by atoms with Crippen LogP contribution in [0.5, 0.6) is 0 Å². The van der Waals surface area contributed by atoms with Crippen LogP contribution in [0.25, 0.3) is 0 Å². The van der Waals surface area contributed by atoms with Gasteiger partial charge in [0.25, 0.3) is 5.91 Å². The van der Waals surface area contributed by atoms with Crippen molar-refractivity contribution < 1.29 is 19.8 Å². The molecule has 2 aliphatic rings. The fourth-order valence-corrected chi connectivity index (χ4v) is 4.03. The molecular formula is C17H21ClN2O4. The summed E-state index contributed by atoms with van der Waals surface area (Å²) in [6, 6.07) is 5.16. The Morgan fingerprint density at radius 2 is 2.08 bits per heavy atom. The van der Waals surface area contributed by atoms with Gasteiger partial charge < -0.3 is 15.1 Å². The molecule has 2 atom stereocenters. The number of hydrogen-bond acceptors (Lipinski definition) is 4. The molecule has 1 aromatic rings. The third kappa shape index (κ3) is 2.79. The summed E-state index contributed by atoms with van der Waals surface area (Å²) in [5.74, 6) is -1.17. The molecule has 7 heteroatoms. The van der Waals surface area contributed by atoms with E-state index in [1.807, 2.05) is 11.8 Å². The predicted molar refractivity (Wildman–Crippen MR) is 89.2 cm³/mol. The second kappa shape index (κ2) is 6.35. The highest BCUT2D eigenvalue weighted by Gasteiger charge is 2.58. The highest BCUT2D eigenvalue weighted by molar-refractivity contribution is 6.31. The number of carbonyl (C=O) groups excluding carboxylic acids is 1. The molecule has 2 fully saturated rings. The molecule has 3 rings (SSSR count). The number of hydrogen-bond donors (Lipinski definition) is 2. The Morgan fingerprint density at radius 3 is 2.67 bits per heavy atom. The van der Waals surface area contributed by atoms with Crippen LogP contribution in [-0.4, -0.2) is 71.2 Å². The van der Waals surface area contributed by atoms with Crippen LogP contribution in [0.3, 0.4) is 0 Å².